The van der Waals surface area contributed by atoms with Gasteiger partial charge in [0, 0.05) is 37.1 Å². The zero-order valence-corrected chi connectivity index (χ0v) is 25.9. The highest BCUT2D eigenvalue weighted by Gasteiger charge is 2.30. The molecule has 0 bridgehead atoms. The van der Waals surface area contributed by atoms with E-state index >= 15 is 0 Å². The predicted molar refractivity (Wildman–Crippen MR) is 165 cm³/mol. The number of hydrogen-bond donors (Lipinski definition) is 1. The zero-order valence-electron chi connectivity index (χ0n) is 25.2. The van der Waals surface area contributed by atoms with E-state index < -0.39 is 0 Å². The SMILES string of the molecule is C[C@@H](Cn1cnnn1)Oc1cc(-c2cnc(Nc3cn(C4CCC(N5CCOCC5)CC4)nc3OC3COC3)nc2)ccc1Cl. The highest BCUT2D eigenvalue weighted by Crippen LogP contribution is 2.36. The van der Waals surface area contributed by atoms with Gasteiger partial charge >= 0.3 is 0 Å². The largest absolute Gasteiger partial charge is 0.487 e. The van der Waals surface area contributed by atoms with E-state index in [1.807, 2.05) is 25.3 Å². The molecule has 0 spiro atoms. The van der Waals surface area contributed by atoms with Crippen molar-refractivity contribution in [2.45, 2.75) is 63.4 Å². The Morgan fingerprint density at radius 3 is 2.51 bits per heavy atom. The van der Waals surface area contributed by atoms with Crippen LogP contribution >= 0.6 is 11.6 Å². The Morgan fingerprint density at radius 2 is 1.80 bits per heavy atom. The second kappa shape index (κ2) is 13.6. The third kappa shape index (κ3) is 7.19. The Balaban J connectivity index is 1.02. The number of halogens is 1. The predicted octanol–water partition coefficient (Wildman–Crippen LogP) is 3.78. The van der Waals surface area contributed by atoms with Crippen LogP contribution in [0, 0.1) is 0 Å². The van der Waals surface area contributed by atoms with Crippen molar-refractivity contribution in [2.75, 3.05) is 44.8 Å². The molecule has 1 aliphatic carbocycles. The lowest BCUT2D eigenvalue weighted by atomic mass is 9.90. The minimum atomic E-state index is -0.201. The van der Waals surface area contributed by atoms with Crippen LogP contribution in [0.1, 0.15) is 38.6 Å². The van der Waals surface area contributed by atoms with Crippen LogP contribution in [0.4, 0.5) is 11.6 Å². The first-order valence-corrected chi connectivity index (χ1v) is 15.9. The molecule has 1 saturated carbocycles. The van der Waals surface area contributed by atoms with Gasteiger partial charge in [0.1, 0.15) is 30.0 Å². The summed E-state index contributed by atoms with van der Waals surface area (Å²) in [5.74, 6) is 1.55. The van der Waals surface area contributed by atoms with Gasteiger partial charge in [0.05, 0.1) is 50.2 Å². The number of tetrazole rings is 1. The normalized spacial score (nSPS) is 21.6. The van der Waals surface area contributed by atoms with Crippen molar-refractivity contribution in [3.05, 3.63) is 48.1 Å². The van der Waals surface area contributed by atoms with E-state index in [4.69, 9.17) is 35.6 Å². The number of anilines is 2. The fourth-order valence-corrected chi connectivity index (χ4v) is 6.18. The lowest BCUT2D eigenvalue weighted by Crippen LogP contribution is -2.45. The molecule has 1 aromatic carbocycles. The van der Waals surface area contributed by atoms with E-state index in [-0.39, 0.29) is 12.2 Å². The van der Waals surface area contributed by atoms with Crippen LogP contribution in [-0.4, -0.2) is 103 Å². The highest BCUT2D eigenvalue weighted by atomic mass is 35.5. The van der Waals surface area contributed by atoms with Gasteiger partial charge in [-0.2, -0.15) is 0 Å². The van der Waals surface area contributed by atoms with E-state index in [9.17, 15) is 0 Å². The lowest BCUT2D eigenvalue weighted by molar-refractivity contribution is -0.0813. The van der Waals surface area contributed by atoms with E-state index in [0.717, 1.165) is 68.8 Å². The Kier molecular flexibility index (Phi) is 9.05. The number of hydrogen-bond acceptors (Lipinski definition) is 12. The Hall–Kier alpha value is -3.85. The first-order valence-electron chi connectivity index (χ1n) is 15.5. The summed E-state index contributed by atoms with van der Waals surface area (Å²) in [4.78, 5) is 11.8. The minimum Gasteiger partial charge on any atom is -0.487 e. The van der Waals surface area contributed by atoms with E-state index in [1.165, 1.54) is 0 Å². The van der Waals surface area contributed by atoms with Gasteiger partial charge in [-0.05, 0) is 60.7 Å². The molecule has 1 atom stereocenters. The first kappa shape index (κ1) is 29.8. The fraction of sp³-hybridized carbons (Fsp3) is 0.533. The number of ether oxygens (including phenoxy) is 4. The van der Waals surface area contributed by atoms with Crippen molar-refractivity contribution in [2.24, 2.45) is 0 Å². The lowest BCUT2D eigenvalue weighted by Gasteiger charge is -2.38. The maximum Gasteiger partial charge on any atom is 0.257 e. The third-order valence-corrected chi connectivity index (χ3v) is 8.83. The van der Waals surface area contributed by atoms with Gasteiger partial charge in [-0.1, -0.05) is 17.7 Å². The standard InChI is InChI=1S/C30H37ClN10O4/c1-20(15-40-19-34-37-38-40)44-28-12-21(2-7-26(28)31)22-13-32-30(33-14-22)35-27-16-41(36-29(27)45-25-17-43-18-25)24-5-3-23(4-6-24)39-8-10-42-11-9-39/h2,7,12-14,16,19-20,23-25H,3-6,8-11,15,17-18H2,1H3,(H,32,33,35)/t20-,23?,24?/m0/s1. The minimum absolute atomic E-state index is 0.00818. The van der Waals surface area contributed by atoms with Crippen LogP contribution in [0.25, 0.3) is 11.1 Å². The Bertz CT molecular complexity index is 1530. The summed E-state index contributed by atoms with van der Waals surface area (Å²) < 4.78 is 26.8. The molecule has 2 saturated heterocycles. The number of morpholine rings is 1. The number of nitrogens with one attached hydrogen (secondary N) is 1. The molecule has 238 valence electrons. The summed E-state index contributed by atoms with van der Waals surface area (Å²) in [5, 5.41) is 19.9. The van der Waals surface area contributed by atoms with Gasteiger partial charge in [-0.3, -0.25) is 9.58 Å². The molecule has 2 aliphatic heterocycles. The van der Waals surface area contributed by atoms with Gasteiger partial charge < -0.3 is 24.3 Å². The number of benzene rings is 1. The van der Waals surface area contributed by atoms with Crippen molar-refractivity contribution < 1.29 is 18.9 Å². The molecule has 3 aromatic heterocycles. The molecule has 0 unspecified atom stereocenters. The van der Waals surface area contributed by atoms with Crippen LogP contribution in [0.5, 0.6) is 11.6 Å². The molecule has 7 rings (SSSR count). The molecule has 45 heavy (non-hydrogen) atoms. The summed E-state index contributed by atoms with van der Waals surface area (Å²) in [5.41, 5.74) is 2.44. The van der Waals surface area contributed by atoms with Gasteiger partial charge in [0.25, 0.3) is 5.88 Å². The molecular formula is C30H37ClN10O4. The molecule has 14 nitrogen and oxygen atoms in total. The van der Waals surface area contributed by atoms with Crippen molar-refractivity contribution in [1.82, 2.24) is 44.9 Å². The Labute approximate surface area is 266 Å². The maximum absolute atomic E-state index is 6.44. The molecule has 15 heteroatoms. The summed E-state index contributed by atoms with van der Waals surface area (Å²) in [6, 6.07) is 6.54. The average molecular weight is 637 g/mol. The van der Waals surface area contributed by atoms with Gasteiger partial charge in [0.15, 0.2) is 0 Å². The molecular weight excluding hydrogens is 600 g/mol. The van der Waals surface area contributed by atoms with Crippen molar-refractivity contribution in [3.8, 4) is 22.8 Å². The van der Waals surface area contributed by atoms with Crippen molar-refractivity contribution in [1.29, 1.82) is 0 Å². The van der Waals surface area contributed by atoms with E-state index in [0.29, 0.717) is 54.4 Å². The van der Waals surface area contributed by atoms with Crippen molar-refractivity contribution in [3.63, 3.8) is 0 Å². The molecule has 0 radical (unpaired) electrons. The second-order valence-corrected chi connectivity index (χ2v) is 12.1. The summed E-state index contributed by atoms with van der Waals surface area (Å²) in [6.45, 7) is 7.27. The first-order chi connectivity index (χ1) is 22.1. The zero-order chi connectivity index (χ0) is 30.6. The van der Waals surface area contributed by atoms with Crippen LogP contribution in [0.3, 0.4) is 0 Å². The van der Waals surface area contributed by atoms with Gasteiger partial charge in [-0.15, -0.1) is 10.2 Å². The second-order valence-electron chi connectivity index (χ2n) is 11.7. The number of rotatable bonds is 11. The van der Waals surface area contributed by atoms with Crippen LogP contribution in [0.2, 0.25) is 5.02 Å². The van der Waals surface area contributed by atoms with Crippen LogP contribution < -0.4 is 14.8 Å². The average Bonchev–Trinajstić information content (AvgIpc) is 3.71. The Morgan fingerprint density at radius 1 is 1.02 bits per heavy atom. The third-order valence-electron chi connectivity index (χ3n) is 8.51. The molecule has 4 aromatic rings. The van der Waals surface area contributed by atoms with E-state index in [1.54, 1.807) is 29.5 Å². The smallest absolute Gasteiger partial charge is 0.257 e. The quantitative estimate of drug-likeness (QED) is 0.256. The topological polar surface area (TPSA) is 139 Å². The number of nitrogens with zero attached hydrogens (tertiary/aromatic N) is 9. The van der Waals surface area contributed by atoms with Gasteiger partial charge in [0.2, 0.25) is 5.95 Å². The maximum atomic E-state index is 6.44. The van der Waals surface area contributed by atoms with Crippen molar-refractivity contribution >= 4 is 23.2 Å². The van der Waals surface area contributed by atoms with Crippen LogP contribution in [-0.2, 0) is 16.0 Å². The van der Waals surface area contributed by atoms with Crippen LogP contribution in [0.15, 0.2) is 43.1 Å². The van der Waals surface area contributed by atoms with E-state index in [2.05, 4.69) is 40.4 Å². The fourth-order valence-electron chi connectivity index (χ4n) is 6.02. The molecule has 0 amide bonds. The molecule has 3 fully saturated rings. The molecule has 1 N–H and O–H groups in total. The summed E-state index contributed by atoms with van der Waals surface area (Å²) in [6.07, 6.45) is 11.3. The summed E-state index contributed by atoms with van der Waals surface area (Å²) in [7, 11) is 0. The monoisotopic (exact) mass is 636 g/mol. The summed E-state index contributed by atoms with van der Waals surface area (Å²) >= 11 is 6.44. The highest BCUT2D eigenvalue weighted by molar-refractivity contribution is 6.32. The molecule has 5 heterocycles. The number of aromatic nitrogens is 8. The van der Waals surface area contributed by atoms with Gasteiger partial charge in [-0.25, -0.2) is 14.6 Å². The molecule has 3 aliphatic rings.